The summed E-state index contributed by atoms with van der Waals surface area (Å²) < 4.78 is 0. The lowest BCUT2D eigenvalue weighted by atomic mass is 9.58. The van der Waals surface area contributed by atoms with Crippen LogP contribution >= 0.6 is 0 Å². The molecule has 40 heavy (non-hydrogen) atoms. The van der Waals surface area contributed by atoms with Crippen LogP contribution in [-0.2, 0) is 16.0 Å². The van der Waals surface area contributed by atoms with Crippen molar-refractivity contribution in [3.63, 3.8) is 0 Å². The van der Waals surface area contributed by atoms with Crippen LogP contribution in [-0.4, -0.2) is 97.8 Å². The molecule has 1 aliphatic heterocycles. The average molecular weight is 552 g/mol. The van der Waals surface area contributed by atoms with E-state index in [-0.39, 0.29) is 54.0 Å². The lowest BCUT2D eigenvalue weighted by Gasteiger charge is -2.50. The van der Waals surface area contributed by atoms with Gasteiger partial charge in [-0.3, -0.25) is 29.0 Å². The van der Waals surface area contributed by atoms with Gasteiger partial charge in [0.15, 0.2) is 17.2 Å². The van der Waals surface area contributed by atoms with Crippen molar-refractivity contribution in [3.05, 3.63) is 63.6 Å². The molecule has 11 nitrogen and oxygen atoms in total. The molecule has 6 atom stereocenters. The summed E-state index contributed by atoms with van der Waals surface area (Å²) in [6.45, 7) is 4.05. The number of benzene rings is 1. The number of carbonyl (C=O) groups is 4. The molecular formula is C29H33N3O8. The maximum atomic E-state index is 13.8. The molecule has 1 aromatic rings. The Morgan fingerprint density at radius 2 is 1.73 bits per heavy atom. The average Bonchev–Trinajstić information content (AvgIpc) is 3.18. The van der Waals surface area contributed by atoms with Gasteiger partial charge in [-0.15, -0.1) is 0 Å². The first-order chi connectivity index (χ1) is 18.7. The summed E-state index contributed by atoms with van der Waals surface area (Å²) >= 11 is 0. The van der Waals surface area contributed by atoms with Crippen LogP contribution in [0, 0.1) is 11.8 Å². The molecule has 11 heteroatoms. The molecule has 0 aromatic heterocycles. The van der Waals surface area contributed by atoms with Crippen molar-refractivity contribution in [2.75, 3.05) is 20.6 Å². The number of fused-ring (bicyclic) bond motifs is 3. The molecule has 2 unspecified atom stereocenters. The molecular weight excluding hydrogens is 518 g/mol. The van der Waals surface area contributed by atoms with Gasteiger partial charge in [0.2, 0.25) is 5.78 Å². The minimum atomic E-state index is -2.71. The fraction of sp³-hybridized carbons (Fsp3) is 0.448. The van der Waals surface area contributed by atoms with Crippen molar-refractivity contribution in [1.82, 2.24) is 9.80 Å². The van der Waals surface area contributed by atoms with E-state index >= 15 is 0 Å². The number of aromatic hydroxyl groups is 1. The molecule has 1 heterocycles. The predicted octanol–water partition coefficient (Wildman–Crippen LogP) is 0.952. The van der Waals surface area contributed by atoms with Gasteiger partial charge in [0.25, 0.3) is 5.91 Å². The standard InChI is InChI=1S/C29H33N3O8/c1-12-5-6-13(2)32(12)11-19(34)15-7-8-18(33)21-16(15)9-14-10-17-23(31(3)4)25(36)22(28(30)39)27(38)29(17,40)26(37)20(14)24(21)35/h5-8,12-14,17,23,33,36-37,40H,9-11H2,1-4H3,(H2,30,39)/t12?,13?,14-,17-,23+,29-/m0/s1. The van der Waals surface area contributed by atoms with Gasteiger partial charge in [-0.25, -0.2) is 0 Å². The largest absolute Gasteiger partial charge is 0.510 e. The molecule has 212 valence electrons. The van der Waals surface area contributed by atoms with Gasteiger partial charge in [-0.1, -0.05) is 12.2 Å². The summed E-state index contributed by atoms with van der Waals surface area (Å²) in [5, 5.41) is 44.6. The topological polar surface area (TPSA) is 182 Å². The van der Waals surface area contributed by atoms with Gasteiger partial charge in [-0.05, 0) is 64.4 Å². The lowest BCUT2D eigenvalue weighted by Crippen LogP contribution is -2.63. The highest BCUT2D eigenvalue weighted by Crippen LogP contribution is 2.52. The predicted molar refractivity (Wildman–Crippen MR) is 143 cm³/mol. The Morgan fingerprint density at radius 3 is 2.30 bits per heavy atom. The second-order valence-corrected chi connectivity index (χ2v) is 11.4. The second-order valence-electron chi connectivity index (χ2n) is 11.4. The fourth-order valence-electron chi connectivity index (χ4n) is 6.96. The van der Waals surface area contributed by atoms with Crippen LogP contribution in [0.3, 0.4) is 0 Å². The number of rotatable bonds is 5. The molecule has 0 bridgehead atoms. The first-order valence-electron chi connectivity index (χ1n) is 13.2. The third-order valence-corrected chi connectivity index (χ3v) is 8.95. The van der Waals surface area contributed by atoms with Gasteiger partial charge in [0.05, 0.1) is 18.2 Å². The van der Waals surface area contributed by atoms with Crippen LogP contribution < -0.4 is 5.73 Å². The molecule has 0 saturated carbocycles. The molecule has 1 amide bonds. The highest BCUT2D eigenvalue weighted by Gasteiger charge is 2.63. The van der Waals surface area contributed by atoms with Crippen molar-refractivity contribution in [2.24, 2.45) is 17.6 Å². The van der Waals surface area contributed by atoms with Gasteiger partial charge in [-0.2, -0.15) is 0 Å². The van der Waals surface area contributed by atoms with E-state index in [1.54, 1.807) is 14.1 Å². The highest BCUT2D eigenvalue weighted by atomic mass is 16.3. The summed E-state index contributed by atoms with van der Waals surface area (Å²) in [7, 11) is 3.13. The Bertz CT molecular complexity index is 1440. The summed E-state index contributed by atoms with van der Waals surface area (Å²) in [4.78, 5) is 56.3. The molecule has 0 radical (unpaired) electrons. The number of aliphatic hydroxyl groups is 3. The van der Waals surface area contributed by atoms with Crippen LogP contribution in [0.1, 0.15) is 46.5 Å². The molecule has 0 saturated heterocycles. The van der Waals surface area contributed by atoms with E-state index in [1.165, 1.54) is 17.0 Å². The molecule has 4 aliphatic rings. The van der Waals surface area contributed by atoms with Gasteiger partial charge in [0.1, 0.15) is 22.8 Å². The number of allylic oxidation sites excluding steroid dienone is 1. The zero-order valence-corrected chi connectivity index (χ0v) is 22.7. The maximum absolute atomic E-state index is 13.8. The number of likely N-dealkylation sites (N-methyl/N-ethyl adjacent to an activating group) is 1. The third-order valence-electron chi connectivity index (χ3n) is 8.95. The number of phenolic OH excluding ortho intramolecular Hbond substituents is 1. The normalized spacial score (nSPS) is 31.9. The Morgan fingerprint density at radius 1 is 1.10 bits per heavy atom. The van der Waals surface area contributed by atoms with E-state index in [1.807, 2.05) is 30.9 Å². The Hall–Kier alpha value is -3.80. The SMILES string of the molecule is CC1C=CC(C)N1CC(=O)c1ccc(O)c2c1C[C@H]1C[C@H]3[C@@H](N(C)C)C(O)=C(C(N)=O)C(=O)[C@@]3(O)C(O)=C1C2=O. The molecule has 3 aliphatic carbocycles. The van der Waals surface area contributed by atoms with Gasteiger partial charge in [0, 0.05) is 29.1 Å². The smallest absolute Gasteiger partial charge is 0.255 e. The summed E-state index contributed by atoms with van der Waals surface area (Å²) in [5.74, 6) is -7.47. The van der Waals surface area contributed by atoms with Gasteiger partial charge >= 0.3 is 0 Å². The molecule has 6 N–H and O–H groups in total. The first-order valence-corrected chi connectivity index (χ1v) is 13.2. The van der Waals surface area contributed by atoms with Crippen molar-refractivity contribution in [1.29, 1.82) is 0 Å². The number of nitrogens with zero attached hydrogens (tertiary/aromatic N) is 2. The molecule has 0 spiro atoms. The van der Waals surface area contributed by atoms with Crippen LogP contribution in [0.4, 0.5) is 0 Å². The molecule has 0 fully saturated rings. The first kappa shape index (κ1) is 27.8. The number of amides is 1. The lowest BCUT2D eigenvalue weighted by molar-refractivity contribution is -0.148. The number of hydrogen-bond donors (Lipinski definition) is 5. The van der Waals surface area contributed by atoms with Crippen LogP contribution in [0.15, 0.2) is 46.9 Å². The maximum Gasteiger partial charge on any atom is 0.255 e. The zero-order chi connectivity index (χ0) is 29.4. The van der Waals surface area contributed by atoms with Crippen molar-refractivity contribution in [3.8, 4) is 5.75 Å². The third kappa shape index (κ3) is 3.75. The quantitative estimate of drug-likeness (QED) is 0.201. The monoisotopic (exact) mass is 551 g/mol. The number of hydrogen-bond acceptors (Lipinski definition) is 10. The number of primary amides is 1. The molecule has 1 aromatic carbocycles. The van der Waals surface area contributed by atoms with Gasteiger partial charge < -0.3 is 26.2 Å². The molecule has 5 rings (SSSR count). The number of ketones is 3. The van der Waals surface area contributed by atoms with E-state index in [4.69, 9.17) is 5.73 Å². The van der Waals surface area contributed by atoms with Crippen molar-refractivity contribution in [2.45, 2.75) is 50.4 Å². The minimum Gasteiger partial charge on any atom is -0.510 e. The zero-order valence-electron chi connectivity index (χ0n) is 22.7. The van der Waals surface area contributed by atoms with E-state index in [0.29, 0.717) is 5.56 Å². The Balaban J connectivity index is 1.62. The number of carbonyl (C=O) groups excluding carboxylic acids is 4. The fourth-order valence-corrected chi connectivity index (χ4v) is 6.96. The van der Waals surface area contributed by atoms with Crippen LogP contribution in [0.5, 0.6) is 5.75 Å². The van der Waals surface area contributed by atoms with Crippen LogP contribution in [0.25, 0.3) is 0 Å². The summed E-state index contributed by atoms with van der Waals surface area (Å²) in [6.07, 6.45) is 4.04. The Labute approximate surface area is 230 Å². The summed E-state index contributed by atoms with van der Waals surface area (Å²) in [6, 6.07) is 1.75. The second kappa shape index (κ2) is 9.39. The van der Waals surface area contributed by atoms with E-state index in [9.17, 15) is 39.6 Å². The van der Waals surface area contributed by atoms with E-state index in [0.717, 1.165) is 0 Å². The highest BCUT2D eigenvalue weighted by molar-refractivity contribution is 6.25. The number of Topliss-reactive ketones (excluding diaryl/α,β-unsaturated/α-hetero) is 3. The number of aliphatic hydroxyl groups excluding tert-OH is 2. The summed E-state index contributed by atoms with van der Waals surface area (Å²) in [5.41, 5.74) is 1.96. The van der Waals surface area contributed by atoms with Crippen LogP contribution in [0.2, 0.25) is 0 Å². The van der Waals surface area contributed by atoms with E-state index in [2.05, 4.69) is 0 Å². The number of phenols is 1. The minimum absolute atomic E-state index is 0.0425. The Kier molecular flexibility index (Phi) is 6.52. The van der Waals surface area contributed by atoms with Crippen molar-refractivity contribution >= 4 is 23.3 Å². The van der Waals surface area contributed by atoms with E-state index < -0.39 is 63.8 Å². The number of nitrogens with two attached hydrogens (primary N) is 1. The van der Waals surface area contributed by atoms with Crippen molar-refractivity contribution < 1.29 is 39.6 Å².